The SMILES string of the molecule is C[Si](C)(C)OS(=O)(=O)O. The molecule has 0 bridgehead atoms. The van der Waals surface area contributed by atoms with Crippen LogP contribution in [0.2, 0.25) is 19.6 Å². The molecule has 0 rings (SSSR count). The zero-order valence-electron chi connectivity index (χ0n) is 5.58. The summed E-state index contributed by atoms with van der Waals surface area (Å²) < 4.78 is 32.5. The molecule has 0 aromatic heterocycles. The van der Waals surface area contributed by atoms with Crippen LogP contribution in [0.3, 0.4) is 0 Å². The molecule has 56 valence electrons. The molecule has 0 heterocycles. The molecule has 0 unspecified atom stereocenters. The summed E-state index contributed by atoms with van der Waals surface area (Å²) in [5.41, 5.74) is 0. The van der Waals surface area contributed by atoms with Crippen molar-refractivity contribution in [1.29, 1.82) is 0 Å². The minimum absolute atomic E-state index is 1.67. The summed E-state index contributed by atoms with van der Waals surface area (Å²) in [5, 5.41) is 0. The average Bonchev–Trinajstić information content (AvgIpc) is 1.14. The van der Waals surface area contributed by atoms with Gasteiger partial charge in [-0.05, 0) is 19.6 Å². The van der Waals surface area contributed by atoms with Crippen molar-refractivity contribution >= 4 is 18.7 Å². The van der Waals surface area contributed by atoms with E-state index in [0.29, 0.717) is 0 Å². The molecule has 0 aromatic carbocycles. The zero-order chi connectivity index (χ0) is 7.71. The van der Waals surface area contributed by atoms with Gasteiger partial charge >= 0.3 is 10.4 Å². The molecule has 4 nitrogen and oxygen atoms in total. The summed E-state index contributed by atoms with van der Waals surface area (Å²) in [6.07, 6.45) is 0. The van der Waals surface area contributed by atoms with Crippen LogP contribution in [0.25, 0.3) is 0 Å². The van der Waals surface area contributed by atoms with Crippen LogP contribution in [0.4, 0.5) is 0 Å². The Morgan fingerprint density at radius 2 is 1.67 bits per heavy atom. The third-order valence-corrected chi connectivity index (χ3v) is 3.20. The lowest BCUT2D eigenvalue weighted by Gasteiger charge is -2.12. The summed E-state index contributed by atoms with van der Waals surface area (Å²) in [6.45, 7) is 5.00. The van der Waals surface area contributed by atoms with Gasteiger partial charge in [0, 0.05) is 0 Å². The minimum Gasteiger partial charge on any atom is -0.294 e. The average molecular weight is 170 g/mol. The highest BCUT2D eigenvalue weighted by Gasteiger charge is 2.21. The van der Waals surface area contributed by atoms with Crippen molar-refractivity contribution in [3.8, 4) is 0 Å². The molecule has 0 fully saturated rings. The lowest BCUT2D eigenvalue weighted by atomic mass is 11.8. The highest BCUT2D eigenvalue weighted by molar-refractivity contribution is 7.82. The Hall–Kier alpha value is 0.0869. The standard InChI is InChI=1S/C3H10O4SSi/c1-9(2,3)7-8(4,5)6/h1-3H3,(H,4,5,6). The van der Waals surface area contributed by atoms with E-state index in [2.05, 4.69) is 3.87 Å². The van der Waals surface area contributed by atoms with Gasteiger partial charge in [-0.1, -0.05) is 0 Å². The van der Waals surface area contributed by atoms with E-state index in [4.69, 9.17) is 4.55 Å². The van der Waals surface area contributed by atoms with Crippen LogP contribution in [-0.4, -0.2) is 21.3 Å². The molecule has 0 aliphatic rings. The van der Waals surface area contributed by atoms with Gasteiger partial charge in [0.15, 0.2) is 0 Å². The normalized spacial score (nSPS) is 13.8. The van der Waals surface area contributed by atoms with Crippen molar-refractivity contribution in [1.82, 2.24) is 0 Å². The molecule has 0 radical (unpaired) electrons. The van der Waals surface area contributed by atoms with Crippen molar-refractivity contribution in [3.05, 3.63) is 0 Å². The van der Waals surface area contributed by atoms with Gasteiger partial charge in [-0.15, -0.1) is 0 Å². The molecule has 0 spiro atoms. The number of rotatable bonds is 2. The first-order valence-corrected chi connectivity index (χ1v) is 7.16. The van der Waals surface area contributed by atoms with Crippen molar-refractivity contribution in [2.75, 3.05) is 0 Å². The highest BCUT2D eigenvalue weighted by Crippen LogP contribution is 2.05. The van der Waals surface area contributed by atoms with E-state index < -0.39 is 18.7 Å². The third kappa shape index (κ3) is 8.09. The van der Waals surface area contributed by atoms with Gasteiger partial charge in [0.1, 0.15) is 0 Å². The van der Waals surface area contributed by atoms with Crippen molar-refractivity contribution in [2.24, 2.45) is 0 Å². The molecule has 0 saturated heterocycles. The molecule has 6 heteroatoms. The molecular weight excluding hydrogens is 160 g/mol. The lowest BCUT2D eigenvalue weighted by molar-refractivity contribution is 0.385. The Bertz CT molecular complexity index is 176. The zero-order valence-corrected chi connectivity index (χ0v) is 7.40. The predicted octanol–water partition coefficient (Wildman–Crippen LogP) is 0.641. The predicted molar refractivity (Wildman–Crippen MR) is 36.0 cm³/mol. The number of hydrogen-bond donors (Lipinski definition) is 1. The van der Waals surface area contributed by atoms with Crippen LogP contribution in [0.1, 0.15) is 0 Å². The van der Waals surface area contributed by atoms with Crippen LogP contribution in [0.15, 0.2) is 0 Å². The third-order valence-electron chi connectivity index (χ3n) is 0.355. The Kier molecular flexibility index (Phi) is 2.39. The Labute approximate surface area is 55.9 Å². The molecular formula is C3H10O4SSi. The maximum atomic E-state index is 10.0. The molecule has 0 aliphatic heterocycles. The first-order chi connectivity index (χ1) is 3.71. The molecule has 0 aliphatic carbocycles. The van der Waals surface area contributed by atoms with Crippen LogP contribution in [0, 0.1) is 0 Å². The monoisotopic (exact) mass is 170 g/mol. The van der Waals surface area contributed by atoms with Gasteiger partial charge in [0.05, 0.1) is 0 Å². The van der Waals surface area contributed by atoms with E-state index in [-0.39, 0.29) is 0 Å². The summed E-state index contributed by atoms with van der Waals surface area (Å²) in [6, 6.07) is 0. The lowest BCUT2D eigenvalue weighted by Crippen LogP contribution is -2.28. The van der Waals surface area contributed by atoms with E-state index in [9.17, 15) is 8.42 Å². The van der Waals surface area contributed by atoms with Gasteiger partial charge in [0.2, 0.25) is 8.32 Å². The topological polar surface area (TPSA) is 63.6 Å². The fourth-order valence-corrected chi connectivity index (χ4v) is 2.84. The van der Waals surface area contributed by atoms with Gasteiger partial charge in [0.25, 0.3) is 0 Å². The summed E-state index contributed by atoms with van der Waals surface area (Å²) in [4.78, 5) is 0. The van der Waals surface area contributed by atoms with Crippen LogP contribution < -0.4 is 0 Å². The fraction of sp³-hybridized carbons (Fsp3) is 1.00. The summed E-state index contributed by atoms with van der Waals surface area (Å²) in [5.74, 6) is 0. The Morgan fingerprint density at radius 3 is 1.67 bits per heavy atom. The van der Waals surface area contributed by atoms with E-state index in [0.717, 1.165) is 0 Å². The first kappa shape index (κ1) is 9.09. The minimum atomic E-state index is -4.22. The van der Waals surface area contributed by atoms with Gasteiger partial charge in [-0.3, -0.25) is 8.42 Å². The Balaban J connectivity index is 4.07. The number of hydrogen-bond acceptors (Lipinski definition) is 3. The Morgan fingerprint density at radius 1 is 1.33 bits per heavy atom. The summed E-state index contributed by atoms with van der Waals surface area (Å²) in [7, 11) is -6.35. The van der Waals surface area contributed by atoms with E-state index in [1.807, 2.05) is 0 Å². The van der Waals surface area contributed by atoms with Crippen LogP contribution >= 0.6 is 0 Å². The molecule has 0 amide bonds. The van der Waals surface area contributed by atoms with E-state index >= 15 is 0 Å². The summed E-state index contributed by atoms with van der Waals surface area (Å²) >= 11 is 0. The highest BCUT2D eigenvalue weighted by atomic mass is 32.3. The van der Waals surface area contributed by atoms with Crippen molar-refractivity contribution in [3.63, 3.8) is 0 Å². The second-order valence-corrected chi connectivity index (χ2v) is 8.37. The largest absolute Gasteiger partial charge is 0.387 e. The van der Waals surface area contributed by atoms with Crippen molar-refractivity contribution < 1.29 is 16.8 Å². The van der Waals surface area contributed by atoms with Crippen LogP contribution in [0.5, 0.6) is 0 Å². The molecule has 1 N–H and O–H groups in total. The second kappa shape index (κ2) is 2.37. The smallest absolute Gasteiger partial charge is 0.294 e. The second-order valence-electron chi connectivity index (χ2n) is 2.62. The van der Waals surface area contributed by atoms with E-state index in [1.54, 1.807) is 19.6 Å². The van der Waals surface area contributed by atoms with E-state index in [1.165, 1.54) is 0 Å². The maximum Gasteiger partial charge on any atom is 0.387 e. The molecule has 0 aromatic rings. The van der Waals surface area contributed by atoms with Gasteiger partial charge < -0.3 is 0 Å². The molecule has 9 heavy (non-hydrogen) atoms. The fourth-order valence-electron chi connectivity index (χ4n) is 0.316. The van der Waals surface area contributed by atoms with Gasteiger partial charge in [-0.2, -0.15) is 8.42 Å². The molecule has 0 saturated carbocycles. The van der Waals surface area contributed by atoms with Crippen molar-refractivity contribution in [2.45, 2.75) is 19.6 Å². The quantitative estimate of drug-likeness (QED) is 0.488. The maximum absolute atomic E-state index is 10.0. The van der Waals surface area contributed by atoms with Crippen LogP contribution in [-0.2, 0) is 14.3 Å². The molecule has 0 atom stereocenters. The first-order valence-electron chi connectivity index (χ1n) is 2.39. The van der Waals surface area contributed by atoms with Gasteiger partial charge in [-0.25, -0.2) is 0 Å².